The van der Waals surface area contributed by atoms with Crippen LogP contribution in [0.4, 0.5) is 0 Å². The highest BCUT2D eigenvalue weighted by Gasteiger charge is 2.22. The van der Waals surface area contributed by atoms with Gasteiger partial charge in [-0.25, -0.2) is 9.97 Å². The summed E-state index contributed by atoms with van der Waals surface area (Å²) in [5, 5.41) is 9.25. The number of carbonyl (C=O) groups is 1. The Bertz CT molecular complexity index is 528. The molecule has 5 heteroatoms. The van der Waals surface area contributed by atoms with Gasteiger partial charge in [0.1, 0.15) is 11.7 Å². The maximum atomic E-state index is 11.3. The Balaban J connectivity index is 2.22. The average Bonchev–Trinajstić information content (AvgIpc) is 2.38. The smallest absolute Gasteiger partial charge is 0.314 e. The molecule has 0 aliphatic carbocycles. The Morgan fingerprint density at radius 2 is 1.83 bits per heavy atom. The van der Waals surface area contributed by atoms with E-state index in [0.29, 0.717) is 12.2 Å². The van der Waals surface area contributed by atoms with E-state index in [4.69, 9.17) is 0 Å². The van der Waals surface area contributed by atoms with Gasteiger partial charge in [-0.2, -0.15) is 0 Å². The molecule has 0 bridgehead atoms. The molecule has 0 radical (unpaired) electrons. The molecular weight excluding hydrogens is 296 g/mol. The molecule has 2 rings (SSSR count). The maximum Gasteiger partial charge on any atom is 0.314 e. The monoisotopic (exact) mass is 306 g/mol. The molecule has 0 spiro atoms. The van der Waals surface area contributed by atoms with Gasteiger partial charge in [0.25, 0.3) is 0 Å². The molecular formula is C13H11BrN2O2. The van der Waals surface area contributed by atoms with Crippen molar-refractivity contribution in [2.75, 3.05) is 0 Å². The Kier molecular flexibility index (Phi) is 4.04. The SMILES string of the molecule is O=C(O)C(Cc1ccc(Br)cc1)c1ncccn1. The lowest BCUT2D eigenvalue weighted by Gasteiger charge is -2.10. The molecule has 0 amide bonds. The molecule has 1 atom stereocenters. The lowest BCUT2D eigenvalue weighted by atomic mass is 9.99. The second-order valence-electron chi connectivity index (χ2n) is 3.83. The highest BCUT2D eigenvalue weighted by Crippen LogP contribution is 2.19. The van der Waals surface area contributed by atoms with Gasteiger partial charge >= 0.3 is 5.97 Å². The van der Waals surface area contributed by atoms with E-state index in [1.165, 1.54) is 0 Å². The number of aliphatic carboxylic acids is 1. The summed E-state index contributed by atoms with van der Waals surface area (Å²) >= 11 is 3.34. The highest BCUT2D eigenvalue weighted by atomic mass is 79.9. The third-order valence-electron chi connectivity index (χ3n) is 2.55. The van der Waals surface area contributed by atoms with E-state index in [1.54, 1.807) is 18.5 Å². The topological polar surface area (TPSA) is 63.1 Å². The van der Waals surface area contributed by atoms with Crippen molar-refractivity contribution in [3.8, 4) is 0 Å². The fourth-order valence-corrected chi connectivity index (χ4v) is 1.90. The number of rotatable bonds is 4. The van der Waals surface area contributed by atoms with E-state index in [1.807, 2.05) is 24.3 Å². The largest absolute Gasteiger partial charge is 0.481 e. The molecule has 1 aromatic heterocycles. The highest BCUT2D eigenvalue weighted by molar-refractivity contribution is 9.10. The van der Waals surface area contributed by atoms with Crippen LogP contribution in [0.2, 0.25) is 0 Å². The Morgan fingerprint density at radius 1 is 1.22 bits per heavy atom. The zero-order valence-electron chi connectivity index (χ0n) is 9.45. The predicted molar refractivity (Wildman–Crippen MR) is 70.3 cm³/mol. The lowest BCUT2D eigenvalue weighted by Crippen LogP contribution is -2.17. The Hall–Kier alpha value is -1.75. The van der Waals surface area contributed by atoms with Crippen LogP contribution in [0.3, 0.4) is 0 Å². The molecule has 2 aromatic rings. The first kappa shape index (κ1) is 12.7. The van der Waals surface area contributed by atoms with E-state index in [-0.39, 0.29) is 0 Å². The normalized spacial score (nSPS) is 12.1. The maximum absolute atomic E-state index is 11.3. The Morgan fingerprint density at radius 3 is 2.39 bits per heavy atom. The number of hydrogen-bond acceptors (Lipinski definition) is 3. The molecule has 0 fully saturated rings. The summed E-state index contributed by atoms with van der Waals surface area (Å²) in [7, 11) is 0. The van der Waals surface area contributed by atoms with Gasteiger partial charge in [-0.15, -0.1) is 0 Å². The van der Waals surface area contributed by atoms with Gasteiger partial charge in [0.15, 0.2) is 0 Å². The minimum Gasteiger partial charge on any atom is -0.481 e. The zero-order valence-corrected chi connectivity index (χ0v) is 11.0. The minimum atomic E-state index is -0.913. The van der Waals surface area contributed by atoms with Crippen molar-refractivity contribution in [2.24, 2.45) is 0 Å². The summed E-state index contributed by atoms with van der Waals surface area (Å²) in [6.45, 7) is 0. The van der Waals surface area contributed by atoms with Crippen LogP contribution in [0.1, 0.15) is 17.3 Å². The van der Waals surface area contributed by atoms with E-state index in [2.05, 4.69) is 25.9 Å². The lowest BCUT2D eigenvalue weighted by molar-refractivity contribution is -0.139. The fourth-order valence-electron chi connectivity index (χ4n) is 1.64. The number of aromatic nitrogens is 2. The van der Waals surface area contributed by atoms with Gasteiger partial charge in [-0.3, -0.25) is 4.79 Å². The third-order valence-corrected chi connectivity index (χ3v) is 3.08. The van der Waals surface area contributed by atoms with Crippen LogP contribution in [0.25, 0.3) is 0 Å². The van der Waals surface area contributed by atoms with E-state index in [9.17, 15) is 9.90 Å². The minimum absolute atomic E-state index is 0.341. The van der Waals surface area contributed by atoms with Crippen LogP contribution >= 0.6 is 15.9 Å². The van der Waals surface area contributed by atoms with Gasteiger partial charge in [0.05, 0.1) is 0 Å². The number of hydrogen-bond donors (Lipinski definition) is 1. The predicted octanol–water partition coefficient (Wildman–Crippen LogP) is 2.65. The van der Waals surface area contributed by atoms with Gasteiger partial charge in [0, 0.05) is 16.9 Å². The first-order chi connectivity index (χ1) is 8.66. The molecule has 92 valence electrons. The Labute approximate surface area is 113 Å². The van der Waals surface area contributed by atoms with E-state index in [0.717, 1.165) is 10.0 Å². The number of halogens is 1. The molecule has 1 aromatic carbocycles. The molecule has 0 aliphatic heterocycles. The van der Waals surface area contributed by atoms with Crippen LogP contribution in [-0.4, -0.2) is 21.0 Å². The molecule has 0 saturated carbocycles. The molecule has 4 nitrogen and oxygen atoms in total. The van der Waals surface area contributed by atoms with Crippen LogP contribution < -0.4 is 0 Å². The van der Waals surface area contributed by atoms with Gasteiger partial charge in [-0.1, -0.05) is 28.1 Å². The molecule has 0 aliphatic rings. The fraction of sp³-hybridized carbons (Fsp3) is 0.154. The van der Waals surface area contributed by atoms with Crippen molar-refractivity contribution in [3.05, 3.63) is 58.6 Å². The summed E-state index contributed by atoms with van der Waals surface area (Å²) in [6, 6.07) is 9.23. The second kappa shape index (κ2) is 5.73. The molecule has 1 N–H and O–H groups in total. The van der Waals surface area contributed by atoms with E-state index < -0.39 is 11.9 Å². The summed E-state index contributed by atoms with van der Waals surface area (Å²) in [4.78, 5) is 19.3. The standard InChI is InChI=1S/C13H11BrN2O2/c14-10-4-2-9(3-5-10)8-11(13(17)18)12-15-6-1-7-16-12/h1-7,11H,8H2,(H,17,18). The van der Waals surface area contributed by atoms with Crippen LogP contribution in [-0.2, 0) is 11.2 Å². The summed E-state index contributed by atoms with van der Waals surface area (Å²) in [6.07, 6.45) is 3.49. The average molecular weight is 307 g/mol. The van der Waals surface area contributed by atoms with Crippen molar-refractivity contribution in [3.63, 3.8) is 0 Å². The quantitative estimate of drug-likeness (QED) is 0.943. The summed E-state index contributed by atoms with van der Waals surface area (Å²) in [5.74, 6) is -1.29. The van der Waals surface area contributed by atoms with Crippen LogP contribution in [0.15, 0.2) is 47.2 Å². The number of carboxylic acids is 1. The van der Waals surface area contributed by atoms with Crippen molar-refractivity contribution >= 4 is 21.9 Å². The van der Waals surface area contributed by atoms with Crippen molar-refractivity contribution in [1.29, 1.82) is 0 Å². The van der Waals surface area contributed by atoms with Gasteiger partial charge in [0.2, 0.25) is 0 Å². The van der Waals surface area contributed by atoms with Crippen LogP contribution in [0, 0.1) is 0 Å². The van der Waals surface area contributed by atoms with Gasteiger partial charge in [-0.05, 0) is 30.2 Å². The van der Waals surface area contributed by atoms with E-state index >= 15 is 0 Å². The number of nitrogens with zero attached hydrogens (tertiary/aromatic N) is 2. The van der Waals surface area contributed by atoms with Crippen LogP contribution in [0.5, 0.6) is 0 Å². The second-order valence-corrected chi connectivity index (χ2v) is 4.74. The molecule has 0 saturated heterocycles. The first-order valence-electron chi connectivity index (χ1n) is 5.41. The van der Waals surface area contributed by atoms with Crippen molar-refractivity contribution < 1.29 is 9.90 Å². The molecule has 18 heavy (non-hydrogen) atoms. The summed E-state index contributed by atoms with van der Waals surface area (Å²) < 4.78 is 0.967. The first-order valence-corrected chi connectivity index (χ1v) is 6.20. The number of benzene rings is 1. The zero-order chi connectivity index (χ0) is 13.0. The molecule has 1 heterocycles. The van der Waals surface area contributed by atoms with Gasteiger partial charge < -0.3 is 5.11 Å². The third kappa shape index (κ3) is 3.13. The van der Waals surface area contributed by atoms with Crippen molar-refractivity contribution in [2.45, 2.75) is 12.3 Å². The van der Waals surface area contributed by atoms with Crippen molar-refractivity contribution in [1.82, 2.24) is 9.97 Å². The number of carboxylic acid groups (broad SMARTS) is 1. The molecule has 1 unspecified atom stereocenters. The summed E-state index contributed by atoms with van der Waals surface area (Å²) in [5.41, 5.74) is 0.943.